The van der Waals surface area contributed by atoms with E-state index in [0.29, 0.717) is 13.1 Å². The number of likely N-dealkylation sites (tertiary alicyclic amines) is 2. The monoisotopic (exact) mass is 346 g/mol. The molecule has 2 heterocycles. The summed E-state index contributed by atoms with van der Waals surface area (Å²) >= 11 is 0. The third-order valence-corrected chi connectivity index (χ3v) is 4.79. The second-order valence-corrected chi connectivity index (χ2v) is 7.72. The summed E-state index contributed by atoms with van der Waals surface area (Å²) in [6.45, 7) is 6.79. The molecule has 0 aromatic heterocycles. The molecule has 2 aliphatic rings. The summed E-state index contributed by atoms with van der Waals surface area (Å²) < 4.78 is 10.5. The molecule has 0 radical (unpaired) electrons. The molecule has 3 rings (SSSR count). The maximum absolute atomic E-state index is 12.5. The number of piperazine rings is 1. The molecule has 0 aliphatic carbocycles. The molecule has 2 aliphatic heterocycles. The molecule has 0 spiro atoms. The van der Waals surface area contributed by atoms with Gasteiger partial charge in [0.25, 0.3) is 0 Å². The van der Waals surface area contributed by atoms with Crippen molar-refractivity contribution >= 4 is 12.1 Å². The van der Waals surface area contributed by atoms with E-state index in [2.05, 4.69) is 4.90 Å². The minimum Gasteiger partial charge on any atom is -0.468 e. The van der Waals surface area contributed by atoms with Crippen molar-refractivity contribution in [2.24, 2.45) is 0 Å². The standard InChI is InChI=1S/C19H26N2O4/c1-19(2,3)25-18(23)21-12-14-10-15(21)16(17(22)24-4)20(14)11-13-8-6-5-7-9-13/h5-9,14-16H,10-12H2,1-4H3/t14?,15-,16?/m1/s1. The number of esters is 1. The average molecular weight is 346 g/mol. The average Bonchev–Trinajstić information content (AvgIpc) is 3.12. The summed E-state index contributed by atoms with van der Waals surface area (Å²) in [7, 11) is 1.40. The van der Waals surface area contributed by atoms with Gasteiger partial charge >= 0.3 is 12.1 Å². The molecule has 2 fully saturated rings. The van der Waals surface area contributed by atoms with Gasteiger partial charge in [-0.3, -0.25) is 9.69 Å². The van der Waals surface area contributed by atoms with Crippen molar-refractivity contribution in [1.82, 2.24) is 9.80 Å². The van der Waals surface area contributed by atoms with E-state index in [9.17, 15) is 9.59 Å². The largest absolute Gasteiger partial charge is 0.468 e. The lowest BCUT2D eigenvalue weighted by molar-refractivity contribution is -0.149. The summed E-state index contributed by atoms with van der Waals surface area (Å²) in [6, 6.07) is 9.54. The van der Waals surface area contributed by atoms with Crippen molar-refractivity contribution in [3.8, 4) is 0 Å². The lowest BCUT2D eigenvalue weighted by Crippen LogP contribution is -2.58. The topological polar surface area (TPSA) is 59.1 Å². The lowest BCUT2D eigenvalue weighted by Gasteiger charge is -2.39. The van der Waals surface area contributed by atoms with Crippen molar-refractivity contribution < 1.29 is 19.1 Å². The molecule has 2 unspecified atom stereocenters. The van der Waals surface area contributed by atoms with E-state index < -0.39 is 11.6 Å². The Bertz CT molecular complexity index is 641. The first-order valence-corrected chi connectivity index (χ1v) is 8.67. The predicted octanol–water partition coefficient (Wildman–Crippen LogP) is 2.42. The molecule has 6 heteroatoms. The van der Waals surface area contributed by atoms with Crippen LogP contribution >= 0.6 is 0 Å². The summed E-state index contributed by atoms with van der Waals surface area (Å²) in [5.74, 6) is -0.295. The smallest absolute Gasteiger partial charge is 0.410 e. The van der Waals surface area contributed by atoms with E-state index in [1.54, 1.807) is 4.90 Å². The summed E-state index contributed by atoms with van der Waals surface area (Å²) in [5, 5.41) is 0. The number of carbonyl (C=O) groups is 2. The zero-order valence-electron chi connectivity index (χ0n) is 15.3. The van der Waals surface area contributed by atoms with Crippen LogP contribution in [0.3, 0.4) is 0 Å². The van der Waals surface area contributed by atoms with Crippen LogP contribution in [0.4, 0.5) is 4.79 Å². The molecular formula is C19H26N2O4. The fourth-order valence-electron chi connectivity index (χ4n) is 3.80. The number of fused-ring (bicyclic) bond motifs is 2. The Hall–Kier alpha value is -2.08. The first-order valence-electron chi connectivity index (χ1n) is 8.67. The highest BCUT2D eigenvalue weighted by Gasteiger charge is 2.55. The number of hydrogen-bond acceptors (Lipinski definition) is 5. The molecule has 1 amide bonds. The SMILES string of the molecule is COC(=O)C1[C@H]2CC(CN2C(=O)OC(C)(C)C)N1Cc1ccccc1. The van der Waals surface area contributed by atoms with Gasteiger partial charge in [0.2, 0.25) is 0 Å². The van der Waals surface area contributed by atoms with Crippen LogP contribution in [0, 0.1) is 0 Å². The predicted molar refractivity (Wildman–Crippen MR) is 92.9 cm³/mol. The van der Waals surface area contributed by atoms with Gasteiger partial charge in [0, 0.05) is 19.1 Å². The summed E-state index contributed by atoms with van der Waals surface area (Å²) in [6.07, 6.45) is 0.416. The van der Waals surface area contributed by atoms with Crippen LogP contribution in [0.2, 0.25) is 0 Å². The van der Waals surface area contributed by atoms with E-state index in [-0.39, 0.29) is 24.1 Å². The van der Waals surface area contributed by atoms with Gasteiger partial charge in [-0.25, -0.2) is 4.79 Å². The minimum atomic E-state index is -0.552. The van der Waals surface area contributed by atoms with Gasteiger partial charge in [-0.1, -0.05) is 30.3 Å². The third-order valence-electron chi connectivity index (χ3n) is 4.79. The van der Waals surface area contributed by atoms with Crippen LogP contribution in [0.1, 0.15) is 32.8 Å². The molecule has 0 saturated carbocycles. The Morgan fingerprint density at radius 2 is 1.88 bits per heavy atom. The van der Waals surface area contributed by atoms with Gasteiger partial charge < -0.3 is 14.4 Å². The molecule has 25 heavy (non-hydrogen) atoms. The van der Waals surface area contributed by atoms with Gasteiger partial charge in [-0.2, -0.15) is 0 Å². The van der Waals surface area contributed by atoms with Crippen LogP contribution in [0.15, 0.2) is 30.3 Å². The van der Waals surface area contributed by atoms with Crippen LogP contribution in [-0.4, -0.2) is 59.2 Å². The molecule has 0 N–H and O–H groups in total. The van der Waals surface area contributed by atoms with Crippen molar-refractivity contribution in [3.05, 3.63) is 35.9 Å². The van der Waals surface area contributed by atoms with Gasteiger partial charge in [0.15, 0.2) is 0 Å². The first-order chi connectivity index (χ1) is 11.8. The zero-order chi connectivity index (χ0) is 18.2. The zero-order valence-corrected chi connectivity index (χ0v) is 15.3. The quantitative estimate of drug-likeness (QED) is 0.787. The van der Waals surface area contributed by atoms with Crippen molar-refractivity contribution in [1.29, 1.82) is 0 Å². The van der Waals surface area contributed by atoms with E-state index in [0.717, 1.165) is 12.0 Å². The molecule has 3 atom stereocenters. The maximum atomic E-state index is 12.5. The number of ether oxygens (including phenoxy) is 2. The Labute approximate surface area is 148 Å². The van der Waals surface area contributed by atoms with Gasteiger partial charge in [-0.05, 0) is 32.8 Å². The Kier molecular flexibility index (Phi) is 4.73. The molecule has 1 aromatic carbocycles. The Balaban J connectivity index is 1.78. The highest BCUT2D eigenvalue weighted by atomic mass is 16.6. The number of rotatable bonds is 3. The van der Waals surface area contributed by atoms with E-state index in [1.165, 1.54) is 7.11 Å². The first kappa shape index (κ1) is 17.7. The van der Waals surface area contributed by atoms with Crippen LogP contribution < -0.4 is 0 Å². The number of carbonyl (C=O) groups excluding carboxylic acids is 2. The van der Waals surface area contributed by atoms with Crippen molar-refractivity contribution in [2.45, 2.75) is 57.5 Å². The van der Waals surface area contributed by atoms with Crippen LogP contribution in [0.5, 0.6) is 0 Å². The molecule has 136 valence electrons. The Morgan fingerprint density at radius 1 is 1.20 bits per heavy atom. The molecule has 2 saturated heterocycles. The van der Waals surface area contributed by atoms with Gasteiger partial charge in [0.05, 0.1) is 13.2 Å². The third kappa shape index (κ3) is 3.63. The highest BCUT2D eigenvalue weighted by molar-refractivity contribution is 5.80. The summed E-state index contributed by atoms with van der Waals surface area (Å²) in [5.41, 5.74) is 0.594. The molecular weight excluding hydrogens is 320 g/mol. The maximum Gasteiger partial charge on any atom is 0.410 e. The summed E-state index contributed by atoms with van der Waals surface area (Å²) in [4.78, 5) is 28.8. The van der Waals surface area contributed by atoms with Crippen molar-refractivity contribution in [3.63, 3.8) is 0 Å². The number of amides is 1. The number of nitrogens with zero attached hydrogens (tertiary/aromatic N) is 2. The van der Waals surface area contributed by atoms with Gasteiger partial charge in [-0.15, -0.1) is 0 Å². The lowest BCUT2D eigenvalue weighted by atomic mass is 10.1. The number of hydrogen-bond donors (Lipinski definition) is 0. The highest BCUT2D eigenvalue weighted by Crippen LogP contribution is 2.38. The fraction of sp³-hybridized carbons (Fsp3) is 0.579. The van der Waals surface area contributed by atoms with Crippen LogP contribution in [-0.2, 0) is 20.8 Å². The van der Waals surface area contributed by atoms with Crippen molar-refractivity contribution in [2.75, 3.05) is 13.7 Å². The van der Waals surface area contributed by atoms with E-state index in [1.807, 2.05) is 51.1 Å². The second-order valence-electron chi connectivity index (χ2n) is 7.72. The van der Waals surface area contributed by atoms with E-state index >= 15 is 0 Å². The number of methoxy groups -OCH3 is 1. The fourth-order valence-corrected chi connectivity index (χ4v) is 3.80. The minimum absolute atomic E-state index is 0.141. The second kappa shape index (κ2) is 6.67. The van der Waals surface area contributed by atoms with Gasteiger partial charge in [0.1, 0.15) is 11.6 Å². The van der Waals surface area contributed by atoms with E-state index in [4.69, 9.17) is 9.47 Å². The molecule has 6 nitrogen and oxygen atoms in total. The molecule has 1 aromatic rings. The van der Waals surface area contributed by atoms with Crippen LogP contribution in [0.25, 0.3) is 0 Å². The Morgan fingerprint density at radius 3 is 2.48 bits per heavy atom. The molecule has 2 bridgehead atoms. The number of benzene rings is 1. The normalized spacial score (nSPS) is 25.9.